The van der Waals surface area contributed by atoms with Gasteiger partial charge in [-0.1, -0.05) is 12.1 Å². The molecule has 2 aromatic carbocycles. The molecule has 0 unspecified atom stereocenters. The minimum Gasteiger partial charge on any atom is -0.497 e. The molecule has 0 aliphatic rings. The molecule has 2 aromatic rings. The van der Waals surface area contributed by atoms with Gasteiger partial charge in [-0.3, -0.25) is 4.79 Å². The lowest BCUT2D eigenvalue weighted by Gasteiger charge is -2.08. The third-order valence-corrected chi connectivity index (χ3v) is 3.39. The van der Waals surface area contributed by atoms with Gasteiger partial charge in [0.25, 0.3) is 5.91 Å². The molecule has 0 bridgehead atoms. The van der Waals surface area contributed by atoms with Crippen molar-refractivity contribution in [3.05, 3.63) is 59.2 Å². The van der Waals surface area contributed by atoms with Crippen molar-refractivity contribution in [2.45, 2.75) is 13.3 Å². The minimum absolute atomic E-state index is 0.0772. The quantitative estimate of drug-likeness (QED) is 0.829. The Kier molecular flexibility index (Phi) is 4.82. The van der Waals surface area contributed by atoms with Crippen LogP contribution in [-0.2, 0) is 6.42 Å². The van der Waals surface area contributed by atoms with Gasteiger partial charge >= 0.3 is 0 Å². The van der Waals surface area contributed by atoms with Crippen molar-refractivity contribution >= 4 is 11.6 Å². The van der Waals surface area contributed by atoms with Crippen LogP contribution in [0, 0.1) is 6.92 Å². The zero-order valence-corrected chi connectivity index (χ0v) is 12.3. The van der Waals surface area contributed by atoms with Crippen LogP contribution in [0.3, 0.4) is 0 Å². The van der Waals surface area contributed by atoms with Gasteiger partial charge < -0.3 is 15.8 Å². The fourth-order valence-corrected chi connectivity index (χ4v) is 2.03. The Morgan fingerprint density at radius 1 is 1.19 bits per heavy atom. The highest BCUT2D eigenvalue weighted by Crippen LogP contribution is 2.13. The highest BCUT2D eigenvalue weighted by molar-refractivity contribution is 5.94. The van der Waals surface area contributed by atoms with Crippen molar-refractivity contribution in [2.75, 3.05) is 19.4 Å². The standard InChI is InChI=1S/C17H20N2O2/c1-12-11-14(5-8-16(12)18)17(20)19-10-9-13-3-6-15(21-2)7-4-13/h3-8,11H,9-10,18H2,1-2H3,(H,19,20). The van der Waals surface area contributed by atoms with Gasteiger partial charge in [-0.15, -0.1) is 0 Å². The van der Waals surface area contributed by atoms with E-state index in [0.29, 0.717) is 17.8 Å². The van der Waals surface area contributed by atoms with E-state index in [1.807, 2.05) is 31.2 Å². The van der Waals surface area contributed by atoms with Gasteiger partial charge in [0.05, 0.1) is 7.11 Å². The van der Waals surface area contributed by atoms with Crippen molar-refractivity contribution in [1.82, 2.24) is 5.32 Å². The van der Waals surface area contributed by atoms with Crippen LogP contribution < -0.4 is 15.8 Å². The van der Waals surface area contributed by atoms with Gasteiger partial charge in [0.1, 0.15) is 5.75 Å². The Bertz CT molecular complexity index is 621. The molecule has 2 rings (SSSR count). The Balaban J connectivity index is 1.87. The van der Waals surface area contributed by atoms with Crippen LogP contribution in [0.5, 0.6) is 5.75 Å². The van der Waals surface area contributed by atoms with E-state index in [1.54, 1.807) is 25.3 Å². The summed E-state index contributed by atoms with van der Waals surface area (Å²) in [7, 11) is 1.64. The number of hydrogen-bond acceptors (Lipinski definition) is 3. The van der Waals surface area contributed by atoms with Crippen molar-refractivity contribution in [2.24, 2.45) is 0 Å². The summed E-state index contributed by atoms with van der Waals surface area (Å²) in [5, 5.41) is 2.91. The summed E-state index contributed by atoms with van der Waals surface area (Å²) < 4.78 is 5.11. The van der Waals surface area contributed by atoms with E-state index < -0.39 is 0 Å². The number of hydrogen-bond donors (Lipinski definition) is 2. The van der Waals surface area contributed by atoms with E-state index in [2.05, 4.69) is 5.32 Å². The first-order valence-electron chi connectivity index (χ1n) is 6.87. The largest absolute Gasteiger partial charge is 0.497 e. The average molecular weight is 284 g/mol. The molecule has 0 radical (unpaired) electrons. The molecule has 1 amide bonds. The molecular formula is C17H20N2O2. The number of anilines is 1. The van der Waals surface area contributed by atoms with Gasteiger partial charge in [-0.2, -0.15) is 0 Å². The molecule has 0 saturated heterocycles. The fourth-order valence-electron chi connectivity index (χ4n) is 2.03. The summed E-state index contributed by atoms with van der Waals surface area (Å²) in [4.78, 5) is 12.0. The van der Waals surface area contributed by atoms with E-state index in [9.17, 15) is 4.79 Å². The molecule has 0 aromatic heterocycles. The number of nitrogens with two attached hydrogens (primary N) is 1. The Labute approximate surface area is 124 Å². The summed E-state index contributed by atoms with van der Waals surface area (Å²) in [6.07, 6.45) is 0.781. The molecule has 0 spiro atoms. The number of nitrogen functional groups attached to an aromatic ring is 1. The Morgan fingerprint density at radius 2 is 1.90 bits per heavy atom. The van der Waals surface area contributed by atoms with Crippen LogP contribution in [0.2, 0.25) is 0 Å². The molecule has 0 saturated carbocycles. The lowest BCUT2D eigenvalue weighted by atomic mass is 10.1. The Morgan fingerprint density at radius 3 is 2.52 bits per heavy atom. The number of ether oxygens (including phenoxy) is 1. The van der Waals surface area contributed by atoms with Gasteiger partial charge in [-0.05, 0) is 54.8 Å². The number of carbonyl (C=O) groups is 1. The molecule has 4 nitrogen and oxygen atoms in total. The second-order valence-corrected chi connectivity index (χ2v) is 4.93. The maximum atomic E-state index is 12.0. The first-order chi connectivity index (χ1) is 10.1. The van der Waals surface area contributed by atoms with Gasteiger partial charge in [0.15, 0.2) is 0 Å². The first kappa shape index (κ1) is 14.9. The number of aryl methyl sites for hydroxylation is 1. The molecular weight excluding hydrogens is 264 g/mol. The normalized spacial score (nSPS) is 10.2. The number of amides is 1. The van der Waals surface area contributed by atoms with E-state index in [4.69, 9.17) is 10.5 Å². The number of methoxy groups -OCH3 is 1. The maximum absolute atomic E-state index is 12.0. The molecule has 110 valence electrons. The second kappa shape index (κ2) is 6.79. The SMILES string of the molecule is COc1ccc(CCNC(=O)c2ccc(N)c(C)c2)cc1. The predicted octanol–water partition coefficient (Wildman–Crippen LogP) is 2.56. The van der Waals surface area contributed by atoms with Gasteiger partial charge in [-0.25, -0.2) is 0 Å². The van der Waals surface area contributed by atoms with E-state index in [0.717, 1.165) is 23.3 Å². The second-order valence-electron chi connectivity index (χ2n) is 4.93. The van der Waals surface area contributed by atoms with Crippen LogP contribution in [-0.4, -0.2) is 19.6 Å². The molecule has 0 atom stereocenters. The van der Waals surface area contributed by atoms with Crippen LogP contribution >= 0.6 is 0 Å². The van der Waals surface area contributed by atoms with Crippen molar-refractivity contribution in [3.63, 3.8) is 0 Å². The highest BCUT2D eigenvalue weighted by Gasteiger charge is 2.06. The molecule has 4 heteroatoms. The van der Waals surface area contributed by atoms with Gasteiger partial charge in [0, 0.05) is 17.8 Å². The topological polar surface area (TPSA) is 64.3 Å². The summed E-state index contributed by atoms with van der Waals surface area (Å²) in [5.74, 6) is 0.756. The Hall–Kier alpha value is -2.49. The molecule has 0 fully saturated rings. The van der Waals surface area contributed by atoms with E-state index in [-0.39, 0.29) is 5.91 Å². The predicted molar refractivity (Wildman–Crippen MR) is 84.6 cm³/mol. The summed E-state index contributed by atoms with van der Waals surface area (Å²) in [5.41, 5.74) is 9.15. The van der Waals surface area contributed by atoms with Crippen LogP contribution in [0.1, 0.15) is 21.5 Å². The highest BCUT2D eigenvalue weighted by atomic mass is 16.5. The number of nitrogens with one attached hydrogen (secondary N) is 1. The summed E-state index contributed by atoms with van der Waals surface area (Å²) >= 11 is 0. The lowest BCUT2D eigenvalue weighted by Crippen LogP contribution is -2.25. The van der Waals surface area contributed by atoms with Crippen molar-refractivity contribution < 1.29 is 9.53 Å². The van der Waals surface area contributed by atoms with Crippen molar-refractivity contribution in [3.8, 4) is 5.75 Å². The molecule has 0 heterocycles. The minimum atomic E-state index is -0.0772. The fraction of sp³-hybridized carbons (Fsp3) is 0.235. The summed E-state index contributed by atoms with van der Waals surface area (Å²) in [6, 6.07) is 13.1. The third-order valence-electron chi connectivity index (χ3n) is 3.39. The monoisotopic (exact) mass is 284 g/mol. The average Bonchev–Trinajstić information content (AvgIpc) is 2.50. The molecule has 3 N–H and O–H groups in total. The summed E-state index contributed by atoms with van der Waals surface area (Å²) in [6.45, 7) is 2.48. The number of carbonyl (C=O) groups excluding carboxylic acids is 1. The number of benzene rings is 2. The van der Waals surface area contributed by atoms with Crippen LogP contribution in [0.4, 0.5) is 5.69 Å². The third kappa shape index (κ3) is 3.99. The molecule has 0 aliphatic heterocycles. The van der Waals surface area contributed by atoms with Crippen molar-refractivity contribution in [1.29, 1.82) is 0 Å². The number of rotatable bonds is 5. The first-order valence-corrected chi connectivity index (χ1v) is 6.87. The maximum Gasteiger partial charge on any atom is 0.251 e. The van der Waals surface area contributed by atoms with E-state index >= 15 is 0 Å². The lowest BCUT2D eigenvalue weighted by molar-refractivity contribution is 0.0954. The van der Waals surface area contributed by atoms with Crippen LogP contribution in [0.15, 0.2) is 42.5 Å². The zero-order chi connectivity index (χ0) is 15.2. The zero-order valence-electron chi connectivity index (χ0n) is 12.3. The molecule has 21 heavy (non-hydrogen) atoms. The van der Waals surface area contributed by atoms with Crippen LogP contribution in [0.25, 0.3) is 0 Å². The molecule has 0 aliphatic carbocycles. The smallest absolute Gasteiger partial charge is 0.251 e. The van der Waals surface area contributed by atoms with E-state index in [1.165, 1.54) is 0 Å². The van der Waals surface area contributed by atoms with Gasteiger partial charge in [0.2, 0.25) is 0 Å².